The van der Waals surface area contributed by atoms with Crippen LogP contribution in [0.1, 0.15) is 11.6 Å². The summed E-state index contributed by atoms with van der Waals surface area (Å²) in [7, 11) is 0. The maximum atomic E-state index is 5.63. The molecule has 0 unspecified atom stereocenters. The van der Waals surface area contributed by atoms with Crippen LogP contribution in [0.5, 0.6) is 5.75 Å². The Morgan fingerprint density at radius 2 is 2.20 bits per heavy atom. The first-order valence-electron chi connectivity index (χ1n) is 4.99. The molecule has 4 nitrogen and oxygen atoms in total. The van der Waals surface area contributed by atoms with Gasteiger partial charge >= 0.3 is 0 Å². The minimum absolute atomic E-state index is 0.662. The normalized spacial score (nSPS) is 13.7. The Morgan fingerprint density at radius 1 is 1.33 bits per heavy atom. The van der Waals surface area contributed by atoms with E-state index in [-0.39, 0.29) is 0 Å². The number of hydrogen-bond donors (Lipinski definition) is 0. The summed E-state index contributed by atoms with van der Waals surface area (Å²) in [5.41, 5.74) is 0.977. The van der Waals surface area contributed by atoms with Gasteiger partial charge in [0, 0.05) is 6.42 Å². The molecule has 1 aromatic carbocycles. The molecule has 1 aromatic heterocycles. The number of nitrogens with zero attached hydrogens (tertiary/aromatic N) is 3. The molecule has 0 aliphatic carbocycles. The fourth-order valence-corrected chi connectivity index (χ4v) is 1.82. The van der Waals surface area contributed by atoms with Gasteiger partial charge in [0.15, 0.2) is 0 Å². The Morgan fingerprint density at radius 3 is 3.13 bits per heavy atom. The van der Waals surface area contributed by atoms with Crippen LogP contribution in [-0.2, 0) is 6.42 Å². The van der Waals surface area contributed by atoms with Crippen LogP contribution in [0.2, 0.25) is 0 Å². The summed E-state index contributed by atoms with van der Waals surface area (Å²) in [6, 6.07) is 7.90. The van der Waals surface area contributed by atoms with Crippen molar-refractivity contribution in [2.75, 3.05) is 6.61 Å². The van der Waals surface area contributed by atoms with Crippen molar-refractivity contribution in [1.82, 2.24) is 14.8 Å². The molecule has 4 heteroatoms. The lowest BCUT2D eigenvalue weighted by Gasteiger charge is -2.06. The van der Waals surface area contributed by atoms with Crippen molar-refractivity contribution >= 4 is 0 Å². The number of rotatable bonds is 0. The zero-order valence-corrected chi connectivity index (χ0v) is 8.47. The van der Waals surface area contributed by atoms with E-state index in [1.807, 2.05) is 35.9 Å². The van der Waals surface area contributed by atoms with E-state index in [1.54, 1.807) is 0 Å². The molecule has 0 saturated heterocycles. The lowest BCUT2D eigenvalue weighted by Crippen LogP contribution is -2.01. The van der Waals surface area contributed by atoms with Gasteiger partial charge in [0.1, 0.15) is 23.1 Å². The van der Waals surface area contributed by atoms with Gasteiger partial charge in [-0.05, 0) is 19.1 Å². The van der Waals surface area contributed by atoms with Gasteiger partial charge in [-0.25, -0.2) is 9.67 Å². The maximum Gasteiger partial charge on any atom is 0.148 e. The van der Waals surface area contributed by atoms with E-state index >= 15 is 0 Å². The first kappa shape index (κ1) is 8.47. The molecule has 0 fully saturated rings. The molecule has 76 valence electrons. The topological polar surface area (TPSA) is 39.9 Å². The molecule has 0 spiro atoms. The van der Waals surface area contributed by atoms with Gasteiger partial charge in [-0.3, -0.25) is 0 Å². The van der Waals surface area contributed by atoms with Crippen LogP contribution in [0, 0.1) is 6.92 Å². The van der Waals surface area contributed by atoms with E-state index in [0.29, 0.717) is 6.61 Å². The number of benzene rings is 1. The summed E-state index contributed by atoms with van der Waals surface area (Å²) < 4.78 is 7.50. The largest absolute Gasteiger partial charge is 0.491 e. The zero-order chi connectivity index (χ0) is 10.3. The second-order valence-corrected chi connectivity index (χ2v) is 3.55. The van der Waals surface area contributed by atoms with Crippen molar-refractivity contribution in [3.8, 4) is 11.4 Å². The molecule has 0 radical (unpaired) electrons. The first-order chi connectivity index (χ1) is 7.34. The quantitative estimate of drug-likeness (QED) is 0.648. The third-order valence-electron chi connectivity index (χ3n) is 2.46. The summed E-state index contributed by atoms with van der Waals surface area (Å²) in [5.74, 6) is 2.65. The standard InChI is InChI=1S/C11H11N3O/c1-8-12-11-6-7-15-10-5-3-2-4-9(10)14(11)13-8/h2-5H,6-7H2,1H3. The van der Waals surface area contributed by atoms with Crippen LogP contribution < -0.4 is 4.74 Å². The molecular formula is C11H11N3O. The number of fused-ring (bicyclic) bond motifs is 3. The predicted molar refractivity (Wildman–Crippen MR) is 55.3 cm³/mol. The van der Waals surface area contributed by atoms with Crippen LogP contribution in [0.25, 0.3) is 5.69 Å². The van der Waals surface area contributed by atoms with Gasteiger partial charge in [0.2, 0.25) is 0 Å². The smallest absolute Gasteiger partial charge is 0.148 e. The number of aromatic nitrogens is 3. The fraction of sp³-hybridized carbons (Fsp3) is 0.273. The van der Waals surface area contributed by atoms with Crippen LogP contribution in [0.4, 0.5) is 0 Å². The van der Waals surface area contributed by atoms with E-state index in [1.165, 1.54) is 0 Å². The molecule has 0 amide bonds. The molecule has 15 heavy (non-hydrogen) atoms. The average Bonchev–Trinajstić information content (AvgIpc) is 2.52. The molecule has 0 atom stereocenters. The second kappa shape index (κ2) is 3.08. The van der Waals surface area contributed by atoms with Gasteiger partial charge in [-0.15, -0.1) is 0 Å². The average molecular weight is 201 g/mol. The van der Waals surface area contributed by atoms with Crippen molar-refractivity contribution in [3.63, 3.8) is 0 Å². The third-order valence-corrected chi connectivity index (χ3v) is 2.46. The molecule has 0 saturated carbocycles. The van der Waals surface area contributed by atoms with Crippen molar-refractivity contribution in [1.29, 1.82) is 0 Å². The highest BCUT2D eigenvalue weighted by Crippen LogP contribution is 2.25. The number of para-hydroxylation sites is 2. The van der Waals surface area contributed by atoms with Gasteiger partial charge in [-0.2, -0.15) is 5.10 Å². The van der Waals surface area contributed by atoms with Crippen LogP contribution >= 0.6 is 0 Å². The second-order valence-electron chi connectivity index (χ2n) is 3.55. The van der Waals surface area contributed by atoms with Crippen molar-refractivity contribution in [3.05, 3.63) is 35.9 Å². The highest BCUT2D eigenvalue weighted by molar-refractivity contribution is 5.47. The minimum Gasteiger partial charge on any atom is -0.491 e. The Balaban J connectivity index is 2.26. The van der Waals surface area contributed by atoms with Crippen LogP contribution in [0.3, 0.4) is 0 Å². The number of aryl methyl sites for hydroxylation is 1. The highest BCUT2D eigenvalue weighted by Gasteiger charge is 2.16. The Kier molecular flexibility index (Phi) is 1.74. The molecule has 1 aliphatic heterocycles. The van der Waals surface area contributed by atoms with Crippen molar-refractivity contribution in [2.24, 2.45) is 0 Å². The highest BCUT2D eigenvalue weighted by atomic mass is 16.5. The first-order valence-corrected chi connectivity index (χ1v) is 4.99. The van der Waals surface area contributed by atoms with E-state index < -0.39 is 0 Å². The van der Waals surface area contributed by atoms with Crippen LogP contribution in [-0.4, -0.2) is 21.4 Å². The van der Waals surface area contributed by atoms with Crippen molar-refractivity contribution < 1.29 is 4.74 Å². The molecule has 2 heterocycles. The van der Waals surface area contributed by atoms with Gasteiger partial charge in [0.25, 0.3) is 0 Å². The molecule has 1 aliphatic rings. The molecule has 0 N–H and O–H groups in total. The maximum absolute atomic E-state index is 5.63. The predicted octanol–water partition coefficient (Wildman–Crippen LogP) is 1.51. The fourth-order valence-electron chi connectivity index (χ4n) is 1.82. The zero-order valence-electron chi connectivity index (χ0n) is 8.47. The summed E-state index contributed by atoms with van der Waals surface area (Å²) in [6.45, 7) is 2.57. The third kappa shape index (κ3) is 1.29. The van der Waals surface area contributed by atoms with Gasteiger partial charge in [-0.1, -0.05) is 12.1 Å². The summed E-state index contributed by atoms with van der Waals surface area (Å²) in [4.78, 5) is 4.38. The molecule has 2 aromatic rings. The van der Waals surface area contributed by atoms with Gasteiger partial charge in [0.05, 0.1) is 6.61 Å². The molecule has 0 bridgehead atoms. The minimum atomic E-state index is 0.662. The van der Waals surface area contributed by atoms with Crippen molar-refractivity contribution in [2.45, 2.75) is 13.3 Å². The Hall–Kier alpha value is -1.84. The van der Waals surface area contributed by atoms with E-state index in [0.717, 1.165) is 29.5 Å². The number of hydrogen-bond acceptors (Lipinski definition) is 3. The number of ether oxygens (including phenoxy) is 1. The molecule has 3 rings (SSSR count). The summed E-state index contributed by atoms with van der Waals surface area (Å²) >= 11 is 0. The summed E-state index contributed by atoms with van der Waals surface area (Å²) in [5, 5.41) is 4.38. The van der Waals surface area contributed by atoms with Crippen LogP contribution in [0.15, 0.2) is 24.3 Å². The Labute approximate surface area is 87.5 Å². The summed E-state index contributed by atoms with van der Waals surface area (Å²) in [6.07, 6.45) is 0.801. The van der Waals surface area contributed by atoms with E-state index in [2.05, 4.69) is 10.1 Å². The SMILES string of the molecule is Cc1nc2n(n1)-c1ccccc1OCC2. The lowest BCUT2D eigenvalue weighted by atomic mass is 10.3. The molecular weight excluding hydrogens is 190 g/mol. The monoisotopic (exact) mass is 201 g/mol. The van der Waals surface area contributed by atoms with Gasteiger partial charge < -0.3 is 4.74 Å². The van der Waals surface area contributed by atoms with E-state index in [9.17, 15) is 0 Å². The van der Waals surface area contributed by atoms with E-state index in [4.69, 9.17) is 4.74 Å². The lowest BCUT2D eigenvalue weighted by molar-refractivity contribution is 0.325. The Bertz CT molecular complexity index is 504.